The van der Waals surface area contributed by atoms with Crippen molar-refractivity contribution in [2.45, 2.75) is 79.2 Å². The van der Waals surface area contributed by atoms with Crippen molar-refractivity contribution in [3.05, 3.63) is 0 Å². The van der Waals surface area contributed by atoms with Gasteiger partial charge in [-0.3, -0.25) is 0 Å². The van der Waals surface area contributed by atoms with Crippen molar-refractivity contribution in [1.82, 2.24) is 4.90 Å². The minimum atomic E-state index is 0.575. The van der Waals surface area contributed by atoms with Gasteiger partial charge >= 0.3 is 0 Å². The van der Waals surface area contributed by atoms with Gasteiger partial charge in [0.2, 0.25) is 0 Å². The minimum Gasteiger partial charge on any atom is -0.300 e. The fraction of sp³-hybridized carbons (Fsp3) is 1.00. The molecule has 1 saturated heterocycles. The maximum atomic E-state index is 2.74. The SMILES string of the molecule is CCC.C[C@H]1CC[C@@H](N2CCCC2)CC1(C)C. The van der Waals surface area contributed by atoms with Crippen molar-refractivity contribution in [3.8, 4) is 0 Å². The molecule has 102 valence electrons. The van der Waals surface area contributed by atoms with Crippen LogP contribution in [0.4, 0.5) is 0 Å². The second-order valence-corrected chi connectivity index (χ2v) is 6.78. The van der Waals surface area contributed by atoms with Gasteiger partial charge in [0.15, 0.2) is 0 Å². The molecule has 17 heavy (non-hydrogen) atoms. The lowest BCUT2D eigenvalue weighted by Gasteiger charge is -2.44. The second-order valence-electron chi connectivity index (χ2n) is 6.78. The first-order valence-electron chi connectivity index (χ1n) is 7.75. The van der Waals surface area contributed by atoms with Crippen LogP contribution in [0.5, 0.6) is 0 Å². The van der Waals surface area contributed by atoms with Crippen LogP contribution in [0.1, 0.15) is 73.1 Å². The van der Waals surface area contributed by atoms with Crippen LogP contribution in [0.25, 0.3) is 0 Å². The smallest absolute Gasteiger partial charge is 0.0100 e. The molecule has 1 aliphatic heterocycles. The first-order chi connectivity index (χ1) is 8.01. The summed E-state index contributed by atoms with van der Waals surface area (Å²) in [5.74, 6) is 0.918. The minimum absolute atomic E-state index is 0.575. The third-order valence-electron chi connectivity index (χ3n) is 4.69. The Balaban J connectivity index is 0.000000437. The van der Waals surface area contributed by atoms with Gasteiger partial charge in [0.25, 0.3) is 0 Å². The standard InChI is InChI=1S/C13H25N.C3H8/c1-11-6-7-12(10-13(11,2)3)14-8-4-5-9-14;1-3-2/h11-12H,4-10H2,1-3H3;3H2,1-2H3/t11-,12+;/m0./s1. The lowest BCUT2D eigenvalue weighted by atomic mass is 9.68. The largest absolute Gasteiger partial charge is 0.300 e. The third-order valence-corrected chi connectivity index (χ3v) is 4.69. The maximum Gasteiger partial charge on any atom is 0.0100 e. The molecule has 1 heterocycles. The van der Waals surface area contributed by atoms with Gasteiger partial charge < -0.3 is 4.90 Å². The van der Waals surface area contributed by atoms with E-state index >= 15 is 0 Å². The van der Waals surface area contributed by atoms with Gasteiger partial charge in [0, 0.05) is 6.04 Å². The van der Waals surface area contributed by atoms with Gasteiger partial charge in [0.1, 0.15) is 0 Å². The molecule has 2 rings (SSSR count). The average molecular weight is 239 g/mol. The summed E-state index contributed by atoms with van der Waals surface area (Å²) in [4.78, 5) is 2.74. The molecule has 1 heteroatoms. The molecule has 0 bridgehead atoms. The Hall–Kier alpha value is -0.0400. The van der Waals surface area contributed by atoms with Crippen molar-refractivity contribution in [3.63, 3.8) is 0 Å². The molecule has 2 fully saturated rings. The molecule has 0 aromatic heterocycles. The Kier molecular flexibility index (Phi) is 5.99. The van der Waals surface area contributed by atoms with Gasteiger partial charge in [-0.05, 0) is 56.5 Å². The van der Waals surface area contributed by atoms with Crippen LogP contribution in [0, 0.1) is 11.3 Å². The summed E-state index contributed by atoms with van der Waals surface area (Å²) in [5.41, 5.74) is 0.575. The summed E-state index contributed by atoms with van der Waals surface area (Å²) < 4.78 is 0. The normalized spacial score (nSPS) is 33.0. The van der Waals surface area contributed by atoms with E-state index in [0.717, 1.165) is 12.0 Å². The summed E-state index contributed by atoms with van der Waals surface area (Å²) in [6.45, 7) is 14.3. The summed E-state index contributed by atoms with van der Waals surface area (Å²) >= 11 is 0. The molecule has 1 saturated carbocycles. The topological polar surface area (TPSA) is 3.24 Å². The zero-order valence-corrected chi connectivity index (χ0v) is 12.8. The first-order valence-corrected chi connectivity index (χ1v) is 7.75. The van der Waals surface area contributed by atoms with E-state index in [9.17, 15) is 0 Å². The Morgan fingerprint density at radius 1 is 1.06 bits per heavy atom. The molecule has 1 aliphatic carbocycles. The predicted octanol–water partition coefficient (Wildman–Crippen LogP) is 4.71. The monoisotopic (exact) mass is 239 g/mol. The Morgan fingerprint density at radius 3 is 2.06 bits per heavy atom. The van der Waals surface area contributed by atoms with Crippen LogP contribution < -0.4 is 0 Å². The Morgan fingerprint density at radius 2 is 1.59 bits per heavy atom. The lowest BCUT2D eigenvalue weighted by Crippen LogP contribution is -2.42. The van der Waals surface area contributed by atoms with Gasteiger partial charge in [-0.25, -0.2) is 0 Å². The molecule has 0 amide bonds. The fourth-order valence-electron chi connectivity index (χ4n) is 3.16. The van der Waals surface area contributed by atoms with Crippen molar-refractivity contribution >= 4 is 0 Å². The predicted molar refractivity (Wildman–Crippen MR) is 77.4 cm³/mol. The average Bonchev–Trinajstić information content (AvgIpc) is 2.76. The molecule has 0 aromatic rings. The van der Waals surface area contributed by atoms with Gasteiger partial charge in [0.05, 0.1) is 0 Å². The molecule has 1 nitrogen and oxygen atoms in total. The van der Waals surface area contributed by atoms with Crippen LogP contribution in [-0.2, 0) is 0 Å². The number of rotatable bonds is 1. The number of likely N-dealkylation sites (tertiary alicyclic amines) is 1. The molecule has 2 aliphatic rings. The number of hydrogen-bond donors (Lipinski definition) is 0. The molecule has 0 spiro atoms. The number of hydrogen-bond acceptors (Lipinski definition) is 1. The van der Waals surface area contributed by atoms with Crippen molar-refractivity contribution < 1.29 is 0 Å². The highest BCUT2D eigenvalue weighted by Crippen LogP contribution is 2.42. The van der Waals surface area contributed by atoms with E-state index in [0.29, 0.717) is 5.41 Å². The molecular weight excluding hydrogens is 206 g/mol. The van der Waals surface area contributed by atoms with Crippen LogP contribution in [0.15, 0.2) is 0 Å². The Labute approximate surface area is 109 Å². The molecule has 2 atom stereocenters. The van der Waals surface area contributed by atoms with Crippen molar-refractivity contribution in [2.75, 3.05) is 13.1 Å². The molecular formula is C16H33N. The first kappa shape index (κ1) is 15.0. The third kappa shape index (κ3) is 4.28. The van der Waals surface area contributed by atoms with Crippen LogP contribution >= 0.6 is 0 Å². The summed E-state index contributed by atoms with van der Waals surface area (Å²) in [5, 5.41) is 0. The van der Waals surface area contributed by atoms with Crippen molar-refractivity contribution in [1.29, 1.82) is 0 Å². The zero-order valence-electron chi connectivity index (χ0n) is 12.8. The van der Waals surface area contributed by atoms with Crippen LogP contribution in [-0.4, -0.2) is 24.0 Å². The van der Waals surface area contributed by atoms with E-state index in [-0.39, 0.29) is 0 Å². The van der Waals surface area contributed by atoms with Gasteiger partial charge in [-0.1, -0.05) is 41.0 Å². The summed E-state index contributed by atoms with van der Waals surface area (Å²) in [6.07, 6.45) is 8.44. The quantitative estimate of drug-likeness (QED) is 0.640. The van der Waals surface area contributed by atoms with Gasteiger partial charge in [-0.15, -0.1) is 0 Å². The maximum absolute atomic E-state index is 2.74. The van der Waals surface area contributed by atoms with E-state index in [1.807, 2.05) is 0 Å². The zero-order chi connectivity index (χ0) is 12.9. The highest BCUT2D eigenvalue weighted by Gasteiger charge is 2.36. The molecule has 0 unspecified atom stereocenters. The summed E-state index contributed by atoms with van der Waals surface area (Å²) in [6, 6.07) is 0.906. The van der Waals surface area contributed by atoms with E-state index in [1.54, 1.807) is 0 Å². The highest BCUT2D eigenvalue weighted by atomic mass is 15.2. The van der Waals surface area contributed by atoms with Crippen molar-refractivity contribution in [2.24, 2.45) is 11.3 Å². The van der Waals surface area contributed by atoms with E-state index < -0.39 is 0 Å². The lowest BCUT2D eigenvalue weighted by molar-refractivity contribution is 0.0677. The second kappa shape index (κ2) is 6.78. The van der Waals surface area contributed by atoms with E-state index in [1.165, 1.54) is 51.6 Å². The molecule has 0 aromatic carbocycles. The molecule has 0 N–H and O–H groups in total. The van der Waals surface area contributed by atoms with E-state index in [2.05, 4.69) is 39.5 Å². The number of nitrogens with zero attached hydrogens (tertiary/aromatic N) is 1. The Bertz CT molecular complexity index is 204. The van der Waals surface area contributed by atoms with E-state index in [4.69, 9.17) is 0 Å². The summed E-state index contributed by atoms with van der Waals surface area (Å²) in [7, 11) is 0. The molecule has 0 radical (unpaired) electrons. The fourth-order valence-corrected chi connectivity index (χ4v) is 3.16. The van der Waals surface area contributed by atoms with Gasteiger partial charge in [-0.2, -0.15) is 0 Å². The van der Waals surface area contributed by atoms with Crippen LogP contribution in [0.3, 0.4) is 0 Å². The highest BCUT2D eigenvalue weighted by molar-refractivity contribution is 4.89. The van der Waals surface area contributed by atoms with Crippen LogP contribution in [0.2, 0.25) is 0 Å².